The average Bonchev–Trinajstić information content (AvgIpc) is 3.10. The highest BCUT2D eigenvalue weighted by Gasteiger charge is 2.27. The van der Waals surface area contributed by atoms with Crippen LogP contribution in [0.1, 0.15) is 46.1 Å². The summed E-state index contributed by atoms with van der Waals surface area (Å²) in [5.74, 6) is -0.952. The van der Waals surface area contributed by atoms with E-state index in [1.807, 2.05) is 49.3 Å². The normalized spacial score (nSPS) is 13.2. The molecule has 0 unspecified atom stereocenters. The van der Waals surface area contributed by atoms with E-state index in [9.17, 15) is 14.9 Å². The fourth-order valence-electron chi connectivity index (χ4n) is 3.43. The molecule has 1 heterocycles. The van der Waals surface area contributed by atoms with Gasteiger partial charge < -0.3 is 15.0 Å². The van der Waals surface area contributed by atoms with Crippen molar-refractivity contribution in [3.8, 4) is 6.07 Å². The monoisotopic (exact) mass is 423 g/mol. The third-order valence-corrected chi connectivity index (χ3v) is 6.17. The number of aryl methyl sites for hydroxylation is 1. The molecule has 0 aliphatic heterocycles. The van der Waals surface area contributed by atoms with E-state index in [0.29, 0.717) is 10.6 Å². The Labute approximate surface area is 180 Å². The third-order valence-electron chi connectivity index (χ3n) is 4.96. The first-order valence-corrected chi connectivity index (χ1v) is 10.8. The molecule has 6 nitrogen and oxygen atoms in total. The van der Waals surface area contributed by atoms with Crippen LogP contribution in [0.2, 0.25) is 0 Å². The SMILES string of the molecule is CCOC(=O)c1c(NC(=O)/C(C#N)=C/c2ccc(N(C)C)cc2)sc2c1CCCC2. The summed E-state index contributed by atoms with van der Waals surface area (Å²) in [7, 11) is 3.89. The maximum Gasteiger partial charge on any atom is 0.341 e. The van der Waals surface area contributed by atoms with Crippen LogP contribution in [0, 0.1) is 11.3 Å². The van der Waals surface area contributed by atoms with Gasteiger partial charge in [-0.05, 0) is 61.9 Å². The zero-order valence-electron chi connectivity index (χ0n) is 17.4. The number of ether oxygens (including phenoxy) is 1. The summed E-state index contributed by atoms with van der Waals surface area (Å²) in [6, 6.07) is 9.52. The highest BCUT2D eigenvalue weighted by Crippen LogP contribution is 2.38. The van der Waals surface area contributed by atoms with Crippen molar-refractivity contribution in [2.75, 3.05) is 30.9 Å². The number of esters is 1. The number of hydrogen-bond donors (Lipinski definition) is 1. The molecule has 0 saturated heterocycles. The topological polar surface area (TPSA) is 82.4 Å². The lowest BCUT2D eigenvalue weighted by atomic mass is 9.95. The van der Waals surface area contributed by atoms with E-state index >= 15 is 0 Å². The average molecular weight is 424 g/mol. The highest BCUT2D eigenvalue weighted by atomic mass is 32.1. The van der Waals surface area contributed by atoms with Gasteiger partial charge in [-0.25, -0.2) is 4.79 Å². The standard InChI is InChI=1S/C23H25N3O3S/c1-4-29-23(28)20-18-7-5-6-8-19(18)30-22(20)25-21(27)16(14-24)13-15-9-11-17(12-10-15)26(2)3/h9-13H,4-8H2,1-3H3,(H,25,27)/b16-13+. The predicted octanol–water partition coefficient (Wildman–Crippen LogP) is 4.42. The summed E-state index contributed by atoms with van der Waals surface area (Å²) in [6.07, 6.45) is 5.31. The first-order chi connectivity index (χ1) is 14.4. The van der Waals surface area contributed by atoms with Gasteiger partial charge in [0.15, 0.2) is 0 Å². The number of nitrogens with zero attached hydrogens (tertiary/aromatic N) is 2. The van der Waals surface area contributed by atoms with Crippen molar-refractivity contribution in [1.82, 2.24) is 0 Å². The van der Waals surface area contributed by atoms with Crippen LogP contribution < -0.4 is 10.2 Å². The summed E-state index contributed by atoms with van der Waals surface area (Å²) in [5, 5.41) is 12.8. The largest absolute Gasteiger partial charge is 0.462 e. The van der Waals surface area contributed by atoms with Crippen LogP contribution in [0.5, 0.6) is 0 Å². The number of benzene rings is 1. The molecule has 0 fully saturated rings. The number of nitriles is 1. The Hall–Kier alpha value is -3.11. The molecule has 3 rings (SSSR count). The molecule has 1 aliphatic carbocycles. The van der Waals surface area contributed by atoms with Crippen molar-refractivity contribution in [2.24, 2.45) is 0 Å². The summed E-state index contributed by atoms with van der Waals surface area (Å²) < 4.78 is 5.22. The van der Waals surface area contributed by atoms with Crippen molar-refractivity contribution in [1.29, 1.82) is 5.26 Å². The number of fused-ring (bicyclic) bond motifs is 1. The zero-order chi connectivity index (χ0) is 21.7. The lowest BCUT2D eigenvalue weighted by molar-refractivity contribution is -0.112. The molecule has 0 radical (unpaired) electrons. The van der Waals surface area contributed by atoms with Crippen LogP contribution >= 0.6 is 11.3 Å². The van der Waals surface area contributed by atoms with E-state index in [0.717, 1.165) is 47.4 Å². The van der Waals surface area contributed by atoms with Gasteiger partial charge in [0, 0.05) is 24.7 Å². The quantitative estimate of drug-likeness (QED) is 0.423. The summed E-state index contributed by atoms with van der Waals surface area (Å²) in [6.45, 7) is 2.02. The molecule has 0 spiro atoms. The number of amides is 1. The van der Waals surface area contributed by atoms with Crippen LogP contribution in [-0.4, -0.2) is 32.6 Å². The number of carbonyl (C=O) groups excluding carboxylic acids is 2. The minimum Gasteiger partial charge on any atom is -0.462 e. The van der Waals surface area contributed by atoms with Crippen molar-refractivity contribution in [3.63, 3.8) is 0 Å². The van der Waals surface area contributed by atoms with E-state index in [1.54, 1.807) is 13.0 Å². The summed E-state index contributed by atoms with van der Waals surface area (Å²) >= 11 is 1.41. The lowest BCUT2D eigenvalue weighted by Gasteiger charge is -2.12. The Bertz CT molecular complexity index is 1010. The number of carbonyl (C=O) groups is 2. The lowest BCUT2D eigenvalue weighted by Crippen LogP contribution is -2.16. The Morgan fingerprint density at radius 3 is 2.57 bits per heavy atom. The van der Waals surface area contributed by atoms with Crippen LogP contribution in [-0.2, 0) is 22.4 Å². The highest BCUT2D eigenvalue weighted by molar-refractivity contribution is 7.17. The van der Waals surface area contributed by atoms with E-state index in [4.69, 9.17) is 4.74 Å². The van der Waals surface area contributed by atoms with E-state index < -0.39 is 11.9 Å². The second-order valence-corrected chi connectivity index (χ2v) is 8.35. The van der Waals surface area contributed by atoms with Gasteiger partial charge in [-0.2, -0.15) is 5.26 Å². The Kier molecular flexibility index (Phi) is 6.91. The maximum atomic E-state index is 12.8. The van der Waals surface area contributed by atoms with Gasteiger partial charge in [0.05, 0.1) is 12.2 Å². The molecular weight excluding hydrogens is 398 g/mol. The molecular formula is C23H25N3O3S. The molecule has 0 bridgehead atoms. The Balaban J connectivity index is 1.87. The van der Waals surface area contributed by atoms with Crippen LogP contribution in [0.15, 0.2) is 29.8 Å². The first-order valence-electron chi connectivity index (χ1n) is 9.96. The van der Waals surface area contributed by atoms with Gasteiger partial charge in [-0.1, -0.05) is 12.1 Å². The molecule has 7 heteroatoms. The first kappa shape index (κ1) is 21.6. The number of anilines is 2. The predicted molar refractivity (Wildman–Crippen MR) is 120 cm³/mol. The second kappa shape index (κ2) is 9.59. The molecule has 1 aliphatic rings. The molecule has 0 saturated carbocycles. The van der Waals surface area contributed by atoms with E-state index in [-0.39, 0.29) is 12.2 Å². The number of hydrogen-bond acceptors (Lipinski definition) is 6. The summed E-state index contributed by atoms with van der Waals surface area (Å²) in [4.78, 5) is 28.4. The number of rotatable bonds is 6. The maximum absolute atomic E-state index is 12.8. The van der Waals surface area contributed by atoms with Crippen molar-refractivity contribution < 1.29 is 14.3 Å². The fraction of sp³-hybridized carbons (Fsp3) is 0.348. The smallest absolute Gasteiger partial charge is 0.341 e. The van der Waals surface area contributed by atoms with Crippen LogP contribution in [0.4, 0.5) is 10.7 Å². The fourth-order valence-corrected chi connectivity index (χ4v) is 4.70. The van der Waals surface area contributed by atoms with Gasteiger partial charge in [0.25, 0.3) is 5.91 Å². The Morgan fingerprint density at radius 1 is 1.23 bits per heavy atom. The van der Waals surface area contributed by atoms with E-state index in [2.05, 4.69) is 5.32 Å². The second-order valence-electron chi connectivity index (χ2n) is 7.25. The van der Waals surface area contributed by atoms with Gasteiger partial charge in [-0.3, -0.25) is 4.79 Å². The molecule has 30 heavy (non-hydrogen) atoms. The van der Waals surface area contributed by atoms with E-state index in [1.165, 1.54) is 11.3 Å². The van der Waals surface area contributed by atoms with Gasteiger partial charge >= 0.3 is 5.97 Å². The minimum atomic E-state index is -0.529. The molecule has 2 aromatic rings. The molecule has 1 amide bonds. The molecule has 1 aromatic heterocycles. The zero-order valence-corrected chi connectivity index (χ0v) is 18.3. The number of nitrogens with one attached hydrogen (secondary N) is 1. The van der Waals surface area contributed by atoms with Crippen molar-refractivity contribution in [3.05, 3.63) is 51.4 Å². The minimum absolute atomic E-state index is 0.0196. The molecule has 156 valence electrons. The van der Waals surface area contributed by atoms with Crippen LogP contribution in [0.25, 0.3) is 6.08 Å². The molecule has 1 N–H and O–H groups in total. The van der Waals surface area contributed by atoms with Gasteiger partial charge in [0.2, 0.25) is 0 Å². The Morgan fingerprint density at radius 2 is 1.93 bits per heavy atom. The molecule has 0 atom stereocenters. The van der Waals surface area contributed by atoms with Gasteiger partial charge in [0.1, 0.15) is 16.6 Å². The van der Waals surface area contributed by atoms with Crippen molar-refractivity contribution >= 4 is 40.0 Å². The molecule has 1 aromatic carbocycles. The van der Waals surface area contributed by atoms with Gasteiger partial charge in [-0.15, -0.1) is 11.3 Å². The number of thiophene rings is 1. The van der Waals surface area contributed by atoms with Crippen LogP contribution in [0.3, 0.4) is 0 Å². The van der Waals surface area contributed by atoms with Crippen molar-refractivity contribution in [2.45, 2.75) is 32.6 Å². The summed E-state index contributed by atoms with van der Waals surface area (Å²) in [5.41, 5.74) is 3.18. The third kappa shape index (κ3) is 4.71.